The summed E-state index contributed by atoms with van der Waals surface area (Å²) in [6.45, 7) is 5.27. The summed E-state index contributed by atoms with van der Waals surface area (Å²) in [5, 5.41) is 20.0. The van der Waals surface area contributed by atoms with Crippen LogP contribution in [-0.4, -0.2) is 42.2 Å². The zero-order chi connectivity index (χ0) is 23.1. The van der Waals surface area contributed by atoms with E-state index in [1.807, 2.05) is 0 Å². The first-order valence-electron chi connectivity index (χ1n) is 10.8. The molecule has 1 aliphatic carbocycles. The fraction of sp³-hybridized carbons (Fsp3) is 0.375. The highest BCUT2D eigenvalue weighted by Crippen LogP contribution is 2.33. The standard InChI is InChI=1S/C24H29N3O5/c1-15(2)22(29)25-13-14-32-24(31)27-20-10-6-9-18-17(20)11-12-19(21(18)28)23(30)26-16-7-4-3-5-8-16/h6,9-12,16,28H,1,3-5,7-8,13-14H2,2H3,(H,25,29)(H,26,30)(H,27,31). The number of rotatable bonds is 7. The Labute approximate surface area is 187 Å². The molecule has 8 heteroatoms. The molecule has 0 bridgehead atoms. The van der Waals surface area contributed by atoms with Gasteiger partial charge in [0.25, 0.3) is 5.91 Å². The summed E-state index contributed by atoms with van der Waals surface area (Å²) in [7, 11) is 0. The first-order valence-corrected chi connectivity index (χ1v) is 10.8. The second kappa shape index (κ2) is 10.7. The summed E-state index contributed by atoms with van der Waals surface area (Å²) in [5.74, 6) is -0.733. The molecule has 8 nitrogen and oxygen atoms in total. The molecule has 0 heterocycles. The number of aromatic hydroxyl groups is 1. The molecule has 0 saturated heterocycles. The van der Waals surface area contributed by atoms with Gasteiger partial charge in [0.05, 0.1) is 17.8 Å². The first-order chi connectivity index (χ1) is 15.4. The lowest BCUT2D eigenvalue weighted by Crippen LogP contribution is -2.36. The van der Waals surface area contributed by atoms with Crippen molar-refractivity contribution in [1.29, 1.82) is 0 Å². The van der Waals surface area contributed by atoms with Crippen LogP contribution in [0.2, 0.25) is 0 Å². The summed E-state index contributed by atoms with van der Waals surface area (Å²) in [6.07, 6.45) is 4.59. The number of nitrogens with one attached hydrogen (secondary N) is 3. The van der Waals surface area contributed by atoms with Crippen molar-refractivity contribution in [3.05, 3.63) is 48.0 Å². The maximum absolute atomic E-state index is 12.7. The third-order valence-electron chi connectivity index (χ3n) is 5.46. The number of fused-ring (bicyclic) bond motifs is 1. The first kappa shape index (κ1) is 23.1. The lowest BCUT2D eigenvalue weighted by atomic mass is 9.95. The summed E-state index contributed by atoms with van der Waals surface area (Å²) >= 11 is 0. The molecule has 0 atom stereocenters. The number of hydrogen-bond donors (Lipinski definition) is 4. The van der Waals surface area contributed by atoms with Crippen molar-refractivity contribution in [2.75, 3.05) is 18.5 Å². The van der Waals surface area contributed by atoms with Gasteiger partial charge in [0.1, 0.15) is 12.4 Å². The summed E-state index contributed by atoms with van der Waals surface area (Å²) < 4.78 is 5.08. The summed E-state index contributed by atoms with van der Waals surface area (Å²) in [5.41, 5.74) is 1.01. The van der Waals surface area contributed by atoms with E-state index in [0.29, 0.717) is 22.0 Å². The van der Waals surface area contributed by atoms with Gasteiger partial charge in [-0.2, -0.15) is 0 Å². The Balaban J connectivity index is 1.65. The van der Waals surface area contributed by atoms with Gasteiger partial charge in [-0.1, -0.05) is 44.0 Å². The fourth-order valence-corrected chi connectivity index (χ4v) is 3.75. The molecule has 0 spiro atoms. The lowest BCUT2D eigenvalue weighted by molar-refractivity contribution is -0.117. The van der Waals surface area contributed by atoms with Gasteiger partial charge in [-0.05, 0) is 31.9 Å². The maximum atomic E-state index is 12.7. The molecule has 2 aromatic carbocycles. The highest BCUT2D eigenvalue weighted by Gasteiger charge is 2.20. The minimum absolute atomic E-state index is 0.00758. The van der Waals surface area contributed by atoms with Crippen molar-refractivity contribution in [2.45, 2.75) is 45.1 Å². The average Bonchev–Trinajstić information content (AvgIpc) is 2.77. The number of carbonyl (C=O) groups excluding carboxylic acids is 3. The van der Waals surface area contributed by atoms with Crippen molar-refractivity contribution in [3.63, 3.8) is 0 Å². The Hall–Kier alpha value is -3.55. The van der Waals surface area contributed by atoms with Crippen LogP contribution in [0.4, 0.5) is 10.5 Å². The fourth-order valence-electron chi connectivity index (χ4n) is 3.75. The van der Waals surface area contributed by atoms with Gasteiger partial charge in [0, 0.05) is 22.4 Å². The van der Waals surface area contributed by atoms with Gasteiger partial charge in [0.2, 0.25) is 5.91 Å². The Kier molecular flexibility index (Phi) is 7.70. The van der Waals surface area contributed by atoms with E-state index in [0.717, 1.165) is 25.7 Å². The predicted molar refractivity (Wildman–Crippen MR) is 123 cm³/mol. The minimum atomic E-state index is -0.694. The van der Waals surface area contributed by atoms with E-state index in [9.17, 15) is 19.5 Å². The number of ether oxygens (including phenoxy) is 1. The van der Waals surface area contributed by atoms with Gasteiger partial charge in [0.15, 0.2) is 0 Å². The highest BCUT2D eigenvalue weighted by atomic mass is 16.5. The lowest BCUT2D eigenvalue weighted by Gasteiger charge is -2.23. The number of benzene rings is 2. The van der Waals surface area contributed by atoms with Gasteiger partial charge >= 0.3 is 6.09 Å². The van der Waals surface area contributed by atoms with E-state index in [1.165, 1.54) is 6.42 Å². The van der Waals surface area contributed by atoms with Crippen LogP contribution in [0.5, 0.6) is 5.75 Å². The van der Waals surface area contributed by atoms with Crippen LogP contribution in [0.25, 0.3) is 10.8 Å². The number of phenols is 1. The SMILES string of the molecule is C=C(C)C(=O)NCCOC(=O)Nc1cccc2c(O)c(C(=O)NC3CCCCC3)ccc12. The molecule has 0 aromatic heterocycles. The second-order valence-corrected chi connectivity index (χ2v) is 7.97. The van der Waals surface area contributed by atoms with E-state index in [4.69, 9.17) is 4.74 Å². The molecule has 0 aliphatic heterocycles. The molecule has 3 rings (SSSR count). The number of carbonyl (C=O) groups is 3. The molecule has 1 saturated carbocycles. The molecule has 0 radical (unpaired) electrons. The van der Waals surface area contributed by atoms with E-state index in [-0.39, 0.29) is 42.3 Å². The zero-order valence-corrected chi connectivity index (χ0v) is 18.2. The number of anilines is 1. The van der Waals surface area contributed by atoms with Crippen LogP contribution in [0.3, 0.4) is 0 Å². The molecule has 3 amide bonds. The monoisotopic (exact) mass is 439 g/mol. The molecule has 2 aromatic rings. The Bertz CT molecular complexity index is 1030. The van der Waals surface area contributed by atoms with Crippen molar-refractivity contribution in [3.8, 4) is 5.75 Å². The molecule has 4 N–H and O–H groups in total. The van der Waals surface area contributed by atoms with Crippen LogP contribution in [0.15, 0.2) is 42.5 Å². The smallest absolute Gasteiger partial charge is 0.411 e. The van der Waals surface area contributed by atoms with Crippen LogP contribution in [0, 0.1) is 0 Å². The molecule has 0 unspecified atom stereocenters. The van der Waals surface area contributed by atoms with E-state index in [1.54, 1.807) is 37.3 Å². The second-order valence-electron chi connectivity index (χ2n) is 7.97. The molecular weight excluding hydrogens is 410 g/mol. The largest absolute Gasteiger partial charge is 0.506 e. The van der Waals surface area contributed by atoms with Gasteiger partial charge in [-0.3, -0.25) is 14.9 Å². The molecule has 32 heavy (non-hydrogen) atoms. The number of phenolic OH excluding ortho intramolecular Hbond substituents is 1. The number of hydrogen-bond acceptors (Lipinski definition) is 5. The van der Waals surface area contributed by atoms with E-state index >= 15 is 0 Å². The van der Waals surface area contributed by atoms with Crippen molar-refractivity contribution >= 4 is 34.4 Å². The van der Waals surface area contributed by atoms with Crippen LogP contribution in [0.1, 0.15) is 49.4 Å². The molecule has 1 fully saturated rings. The van der Waals surface area contributed by atoms with Crippen molar-refractivity contribution < 1.29 is 24.2 Å². The van der Waals surface area contributed by atoms with Crippen LogP contribution in [-0.2, 0) is 9.53 Å². The molecule has 170 valence electrons. The Morgan fingerprint density at radius 2 is 1.84 bits per heavy atom. The Morgan fingerprint density at radius 1 is 1.09 bits per heavy atom. The highest BCUT2D eigenvalue weighted by molar-refractivity contribution is 6.08. The van der Waals surface area contributed by atoms with Crippen LogP contribution >= 0.6 is 0 Å². The van der Waals surface area contributed by atoms with Crippen molar-refractivity contribution in [1.82, 2.24) is 10.6 Å². The maximum Gasteiger partial charge on any atom is 0.411 e. The van der Waals surface area contributed by atoms with Gasteiger partial charge in [-0.15, -0.1) is 0 Å². The average molecular weight is 440 g/mol. The minimum Gasteiger partial charge on any atom is -0.506 e. The summed E-state index contributed by atoms with van der Waals surface area (Å²) in [6, 6.07) is 8.41. The molecular formula is C24H29N3O5. The van der Waals surface area contributed by atoms with E-state index in [2.05, 4.69) is 22.5 Å². The molecule has 1 aliphatic rings. The van der Waals surface area contributed by atoms with Crippen LogP contribution < -0.4 is 16.0 Å². The normalized spacial score (nSPS) is 13.9. The van der Waals surface area contributed by atoms with Gasteiger partial charge < -0.3 is 20.5 Å². The van der Waals surface area contributed by atoms with E-state index < -0.39 is 6.09 Å². The Morgan fingerprint density at radius 3 is 2.56 bits per heavy atom. The topological polar surface area (TPSA) is 117 Å². The van der Waals surface area contributed by atoms with Gasteiger partial charge in [-0.25, -0.2) is 4.79 Å². The summed E-state index contributed by atoms with van der Waals surface area (Å²) in [4.78, 5) is 36.2. The third-order valence-corrected chi connectivity index (χ3v) is 5.46. The zero-order valence-electron chi connectivity index (χ0n) is 18.2. The quantitative estimate of drug-likeness (QED) is 0.386. The predicted octanol–water partition coefficient (Wildman–Crippen LogP) is 3.85. The third kappa shape index (κ3) is 5.78. The number of amides is 3. The van der Waals surface area contributed by atoms with Crippen molar-refractivity contribution in [2.24, 2.45) is 0 Å².